The molecule has 3 aromatic heterocycles. The van der Waals surface area contributed by atoms with Crippen molar-refractivity contribution in [3.8, 4) is 67.8 Å². The second-order valence-electron chi connectivity index (χ2n) is 18.0. The van der Waals surface area contributed by atoms with E-state index in [2.05, 4.69) is 258 Å². The zero-order chi connectivity index (χ0) is 46.1. The van der Waals surface area contributed by atoms with Crippen LogP contribution in [-0.4, -0.2) is 24.1 Å². The van der Waals surface area contributed by atoms with Crippen LogP contribution < -0.4 is 0 Å². The molecular formula is C65H41N5. The maximum atomic E-state index is 5.36. The highest BCUT2D eigenvalue weighted by molar-refractivity contribution is 6.13. The molecule has 326 valence electrons. The molecule has 70 heavy (non-hydrogen) atoms. The lowest BCUT2D eigenvalue weighted by atomic mass is 9.98. The molecule has 0 bridgehead atoms. The van der Waals surface area contributed by atoms with E-state index in [1.807, 2.05) is 0 Å². The molecule has 0 fully saturated rings. The van der Waals surface area contributed by atoms with Crippen LogP contribution in [0.3, 0.4) is 0 Å². The third-order valence-electron chi connectivity index (χ3n) is 14.0. The van der Waals surface area contributed by atoms with Crippen molar-refractivity contribution in [2.45, 2.75) is 0 Å². The Balaban J connectivity index is 0.945. The van der Waals surface area contributed by atoms with Crippen LogP contribution in [0.25, 0.3) is 133 Å². The smallest absolute Gasteiger partial charge is 0.238 e. The van der Waals surface area contributed by atoms with E-state index in [1.165, 1.54) is 38.5 Å². The minimum Gasteiger partial charge on any atom is -0.309 e. The molecule has 0 radical (unpaired) electrons. The number of benzene rings is 11. The summed E-state index contributed by atoms with van der Waals surface area (Å²) in [7, 11) is 0. The Labute approximate surface area is 403 Å². The molecule has 5 nitrogen and oxygen atoms in total. The summed E-state index contributed by atoms with van der Waals surface area (Å²) in [6.07, 6.45) is 0. The predicted octanol–water partition coefficient (Wildman–Crippen LogP) is 16.7. The highest BCUT2D eigenvalue weighted by Crippen LogP contribution is 2.40. The van der Waals surface area contributed by atoms with E-state index >= 15 is 0 Å². The molecule has 0 unspecified atom stereocenters. The van der Waals surface area contributed by atoms with Crippen LogP contribution in [0.1, 0.15) is 0 Å². The first-order valence-corrected chi connectivity index (χ1v) is 23.8. The lowest BCUT2D eigenvalue weighted by Crippen LogP contribution is -2.06. The number of hydrogen-bond donors (Lipinski definition) is 0. The Kier molecular flexibility index (Phi) is 9.14. The number of aromatic nitrogens is 5. The predicted molar refractivity (Wildman–Crippen MR) is 291 cm³/mol. The molecule has 5 heteroatoms. The molecule has 0 spiro atoms. The number of nitrogens with zero attached hydrogens (tertiary/aromatic N) is 5. The molecule has 0 amide bonds. The fourth-order valence-electron chi connectivity index (χ4n) is 10.7. The normalized spacial score (nSPS) is 11.7. The van der Waals surface area contributed by atoms with Gasteiger partial charge >= 0.3 is 0 Å². The van der Waals surface area contributed by atoms with Crippen molar-refractivity contribution >= 4 is 65.2 Å². The van der Waals surface area contributed by atoms with Crippen LogP contribution in [0.5, 0.6) is 0 Å². The summed E-state index contributed by atoms with van der Waals surface area (Å²) >= 11 is 0. The monoisotopic (exact) mass is 891 g/mol. The fraction of sp³-hybridized carbons (Fsp3) is 0. The van der Waals surface area contributed by atoms with E-state index in [0.29, 0.717) is 17.6 Å². The number of hydrogen-bond acceptors (Lipinski definition) is 3. The summed E-state index contributed by atoms with van der Waals surface area (Å²) in [5.41, 5.74) is 14.4. The van der Waals surface area contributed by atoms with E-state index in [4.69, 9.17) is 15.0 Å². The molecule has 0 saturated carbocycles. The van der Waals surface area contributed by atoms with Crippen molar-refractivity contribution in [3.05, 3.63) is 249 Å². The average molecular weight is 892 g/mol. The largest absolute Gasteiger partial charge is 0.309 e. The van der Waals surface area contributed by atoms with Crippen LogP contribution >= 0.6 is 0 Å². The van der Waals surface area contributed by atoms with Gasteiger partial charge in [0, 0.05) is 38.4 Å². The maximum absolute atomic E-state index is 5.36. The van der Waals surface area contributed by atoms with Crippen molar-refractivity contribution in [1.29, 1.82) is 0 Å². The number of fused-ring (bicyclic) bond motifs is 8. The van der Waals surface area contributed by atoms with Crippen molar-refractivity contribution in [2.24, 2.45) is 0 Å². The first-order valence-electron chi connectivity index (χ1n) is 23.8. The van der Waals surface area contributed by atoms with E-state index in [1.54, 1.807) is 0 Å². The SMILES string of the molecule is c1ccc(-c2cc(-c3ccccc3)cc(-n3c4ccccc4c4cc(-c5ccc6c(c5)c5ccccc5n6-c5nc(-c6cccc7ccccc67)nc(-c6cccc7ccccc67)n5)ccc43)c2)cc1. The third-order valence-corrected chi connectivity index (χ3v) is 14.0. The molecule has 3 heterocycles. The second kappa shape index (κ2) is 16.1. The molecule has 11 aromatic carbocycles. The van der Waals surface area contributed by atoms with E-state index in [9.17, 15) is 0 Å². The van der Waals surface area contributed by atoms with Gasteiger partial charge in [-0.25, -0.2) is 4.98 Å². The molecule has 0 saturated heterocycles. The van der Waals surface area contributed by atoms with Crippen LogP contribution in [0.15, 0.2) is 249 Å². The summed E-state index contributed by atoms with van der Waals surface area (Å²) in [5, 5.41) is 9.12. The van der Waals surface area contributed by atoms with Gasteiger partial charge in [-0.15, -0.1) is 0 Å². The standard InChI is InChI=1S/C65H41N5/c1-3-17-42(18-4-1)48-37-49(43-19-5-2-6-20-43)39-50(38-48)69-59-31-13-11-27-53(59)57-40-46(33-35-61(57)69)47-34-36-62-58(41-47)54-28-12-14-32-60(54)70(62)65-67-63(55-29-15-23-44-21-7-9-25-51(44)55)66-64(68-65)56-30-16-24-45-22-8-10-26-52(45)56/h1-41H. The highest BCUT2D eigenvalue weighted by Gasteiger charge is 2.21. The van der Waals surface area contributed by atoms with Gasteiger partial charge in [0.15, 0.2) is 11.6 Å². The Bertz CT molecular complexity index is 4190. The van der Waals surface area contributed by atoms with Crippen molar-refractivity contribution in [2.75, 3.05) is 0 Å². The Morgan fingerprint density at radius 2 is 0.657 bits per heavy atom. The molecule has 0 atom stereocenters. The van der Waals surface area contributed by atoms with Gasteiger partial charge < -0.3 is 4.57 Å². The van der Waals surface area contributed by atoms with E-state index in [0.717, 1.165) is 76.8 Å². The molecule has 14 rings (SSSR count). The average Bonchev–Trinajstić information content (AvgIpc) is 3.95. The van der Waals surface area contributed by atoms with Crippen LogP contribution in [0.2, 0.25) is 0 Å². The first-order chi connectivity index (χ1) is 34.7. The minimum atomic E-state index is 0.570. The molecular weight excluding hydrogens is 851 g/mol. The summed E-state index contributed by atoms with van der Waals surface area (Å²) < 4.78 is 4.64. The first kappa shape index (κ1) is 39.7. The van der Waals surface area contributed by atoms with Gasteiger partial charge in [-0.2, -0.15) is 9.97 Å². The summed E-state index contributed by atoms with van der Waals surface area (Å²) in [5.74, 6) is 1.83. The van der Waals surface area contributed by atoms with Gasteiger partial charge in [-0.05, 0) is 110 Å². The van der Waals surface area contributed by atoms with Gasteiger partial charge in [0.25, 0.3) is 0 Å². The van der Waals surface area contributed by atoms with Gasteiger partial charge in [-0.1, -0.05) is 194 Å². The highest BCUT2D eigenvalue weighted by atomic mass is 15.2. The van der Waals surface area contributed by atoms with E-state index in [-0.39, 0.29) is 0 Å². The van der Waals surface area contributed by atoms with Crippen LogP contribution in [-0.2, 0) is 0 Å². The van der Waals surface area contributed by atoms with Crippen LogP contribution in [0.4, 0.5) is 0 Å². The third kappa shape index (κ3) is 6.51. The van der Waals surface area contributed by atoms with Crippen molar-refractivity contribution in [3.63, 3.8) is 0 Å². The summed E-state index contributed by atoms with van der Waals surface area (Å²) in [4.78, 5) is 16.0. The van der Waals surface area contributed by atoms with Crippen molar-refractivity contribution in [1.82, 2.24) is 24.1 Å². The Hall–Kier alpha value is -9.45. The van der Waals surface area contributed by atoms with Crippen LogP contribution in [0, 0.1) is 0 Å². The molecule has 0 aliphatic rings. The molecule has 14 aromatic rings. The topological polar surface area (TPSA) is 48.5 Å². The zero-order valence-corrected chi connectivity index (χ0v) is 37.9. The van der Waals surface area contributed by atoms with Crippen molar-refractivity contribution < 1.29 is 0 Å². The summed E-state index contributed by atoms with van der Waals surface area (Å²) in [6, 6.07) is 89.0. The Morgan fingerprint density at radius 1 is 0.243 bits per heavy atom. The molecule has 0 aliphatic carbocycles. The minimum absolute atomic E-state index is 0.570. The quantitative estimate of drug-likeness (QED) is 0.160. The second-order valence-corrected chi connectivity index (χ2v) is 18.0. The van der Waals surface area contributed by atoms with Gasteiger partial charge in [-0.3, -0.25) is 4.57 Å². The van der Waals surface area contributed by atoms with E-state index < -0.39 is 0 Å². The zero-order valence-electron chi connectivity index (χ0n) is 37.9. The molecule has 0 N–H and O–H groups in total. The maximum Gasteiger partial charge on any atom is 0.238 e. The lowest BCUT2D eigenvalue weighted by molar-refractivity contribution is 0.955. The fourth-order valence-corrected chi connectivity index (χ4v) is 10.7. The van der Waals surface area contributed by atoms with Gasteiger partial charge in [0.05, 0.1) is 22.1 Å². The lowest BCUT2D eigenvalue weighted by Gasteiger charge is -2.14. The molecule has 0 aliphatic heterocycles. The number of para-hydroxylation sites is 2. The summed E-state index contributed by atoms with van der Waals surface area (Å²) in [6.45, 7) is 0. The van der Waals surface area contributed by atoms with Gasteiger partial charge in [0.1, 0.15) is 0 Å². The Morgan fingerprint density at radius 3 is 1.19 bits per heavy atom. The number of rotatable bonds is 7. The van der Waals surface area contributed by atoms with Gasteiger partial charge in [0.2, 0.25) is 5.95 Å².